The largest absolute Gasteiger partial charge is 0.416 e. The quantitative estimate of drug-likeness (QED) is 0.809. The molecule has 0 aliphatic carbocycles. The molecule has 0 heterocycles. The van der Waals surface area contributed by atoms with Crippen molar-refractivity contribution in [2.24, 2.45) is 0 Å². The Hall–Kier alpha value is -0.940. The Kier molecular flexibility index (Phi) is 4.44. The van der Waals surface area contributed by atoms with Gasteiger partial charge in [-0.05, 0) is 18.2 Å². The summed E-state index contributed by atoms with van der Waals surface area (Å²) in [5.41, 5.74) is -0.420. The molecule has 90 valence electrons. The van der Waals surface area contributed by atoms with Gasteiger partial charge in [0.2, 0.25) is 0 Å². The van der Waals surface area contributed by atoms with Crippen LogP contribution in [0, 0.1) is 0 Å². The molecule has 0 radical (unpaired) electrons. The predicted molar refractivity (Wildman–Crippen MR) is 56.7 cm³/mol. The second-order valence-electron chi connectivity index (χ2n) is 3.27. The number of anilines is 1. The zero-order valence-corrected chi connectivity index (χ0v) is 9.02. The molecule has 0 fully saturated rings. The standard InChI is InChI=1S/C10H11ClF3NO/c11-5-9(16)6-15-8-3-1-2-7(4-8)10(12,13)14/h1-4,9,15-16H,5-6H2. The first-order valence-corrected chi connectivity index (χ1v) is 5.12. The van der Waals surface area contributed by atoms with E-state index in [4.69, 9.17) is 16.7 Å². The highest BCUT2D eigenvalue weighted by Crippen LogP contribution is 2.30. The molecular formula is C10H11ClF3NO. The van der Waals surface area contributed by atoms with Crippen molar-refractivity contribution in [3.05, 3.63) is 29.8 Å². The van der Waals surface area contributed by atoms with Gasteiger partial charge in [-0.3, -0.25) is 0 Å². The molecule has 0 saturated carbocycles. The van der Waals surface area contributed by atoms with Crippen LogP contribution >= 0.6 is 11.6 Å². The minimum Gasteiger partial charge on any atom is -0.390 e. The van der Waals surface area contributed by atoms with Crippen LogP contribution in [0.4, 0.5) is 18.9 Å². The van der Waals surface area contributed by atoms with Gasteiger partial charge in [0.25, 0.3) is 0 Å². The smallest absolute Gasteiger partial charge is 0.390 e. The molecule has 1 atom stereocenters. The van der Waals surface area contributed by atoms with Gasteiger partial charge >= 0.3 is 6.18 Å². The third-order valence-electron chi connectivity index (χ3n) is 1.91. The van der Waals surface area contributed by atoms with Crippen molar-refractivity contribution >= 4 is 17.3 Å². The molecule has 0 saturated heterocycles. The molecule has 0 aromatic heterocycles. The van der Waals surface area contributed by atoms with Crippen molar-refractivity contribution in [3.8, 4) is 0 Å². The molecule has 0 aliphatic heterocycles. The fraction of sp³-hybridized carbons (Fsp3) is 0.400. The molecule has 0 aliphatic rings. The first-order chi connectivity index (χ1) is 7.43. The van der Waals surface area contributed by atoms with Crippen LogP contribution in [0.5, 0.6) is 0 Å². The average Bonchev–Trinajstić information content (AvgIpc) is 2.25. The summed E-state index contributed by atoms with van der Waals surface area (Å²) in [6, 6.07) is 4.78. The minimum atomic E-state index is -4.36. The summed E-state index contributed by atoms with van der Waals surface area (Å²) in [4.78, 5) is 0. The maximum Gasteiger partial charge on any atom is 0.416 e. The Morgan fingerprint density at radius 2 is 2.06 bits per heavy atom. The molecule has 1 aromatic rings. The van der Waals surface area contributed by atoms with Crippen molar-refractivity contribution in [2.45, 2.75) is 12.3 Å². The summed E-state index contributed by atoms with van der Waals surface area (Å²) in [6.07, 6.45) is -5.14. The van der Waals surface area contributed by atoms with Crippen molar-refractivity contribution in [3.63, 3.8) is 0 Å². The number of aliphatic hydroxyl groups is 1. The third kappa shape index (κ3) is 3.90. The zero-order valence-electron chi connectivity index (χ0n) is 8.26. The predicted octanol–water partition coefficient (Wildman–Crippen LogP) is 2.72. The number of nitrogens with one attached hydrogen (secondary N) is 1. The summed E-state index contributed by atoms with van der Waals surface area (Å²) in [5.74, 6) is 0.0337. The summed E-state index contributed by atoms with van der Waals surface area (Å²) in [6.45, 7) is 0.116. The van der Waals surface area contributed by atoms with Gasteiger partial charge in [-0.15, -0.1) is 11.6 Å². The Balaban J connectivity index is 2.68. The number of benzene rings is 1. The maximum absolute atomic E-state index is 12.3. The number of halogens is 4. The Morgan fingerprint density at radius 3 is 2.62 bits per heavy atom. The van der Waals surface area contributed by atoms with Crippen LogP contribution in [0.25, 0.3) is 0 Å². The van der Waals surface area contributed by atoms with E-state index >= 15 is 0 Å². The van der Waals surface area contributed by atoms with Crippen LogP contribution < -0.4 is 5.32 Å². The van der Waals surface area contributed by atoms with Crippen LogP contribution in [0.3, 0.4) is 0 Å². The summed E-state index contributed by atoms with van der Waals surface area (Å²) in [5, 5.41) is 11.8. The van der Waals surface area contributed by atoms with Crippen LogP contribution in [-0.2, 0) is 6.18 Å². The number of hydrogen-bond donors (Lipinski definition) is 2. The molecule has 16 heavy (non-hydrogen) atoms. The van der Waals surface area contributed by atoms with E-state index in [2.05, 4.69) is 5.32 Å². The molecule has 1 rings (SSSR count). The van der Waals surface area contributed by atoms with Gasteiger partial charge in [0.15, 0.2) is 0 Å². The summed E-state index contributed by atoms with van der Waals surface area (Å²) in [7, 11) is 0. The van der Waals surface area contributed by atoms with Gasteiger partial charge in [0.05, 0.1) is 17.5 Å². The molecule has 1 unspecified atom stereocenters. The minimum absolute atomic E-state index is 0.0337. The first-order valence-electron chi connectivity index (χ1n) is 4.58. The lowest BCUT2D eigenvalue weighted by Crippen LogP contribution is -2.20. The van der Waals surface area contributed by atoms with Gasteiger partial charge in [0.1, 0.15) is 0 Å². The first kappa shape index (κ1) is 13.1. The maximum atomic E-state index is 12.3. The van der Waals surface area contributed by atoms with Gasteiger partial charge in [-0.1, -0.05) is 6.07 Å². The highest BCUT2D eigenvalue weighted by molar-refractivity contribution is 6.18. The molecule has 0 spiro atoms. The summed E-state index contributed by atoms with van der Waals surface area (Å²) < 4.78 is 37.0. The van der Waals surface area contributed by atoms with E-state index in [0.29, 0.717) is 5.69 Å². The van der Waals surface area contributed by atoms with E-state index in [1.165, 1.54) is 12.1 Å². The SMILES string of the molecule is OC(CCl)CNc1cccc(C(F)(F)F)c1. The van der Waals surface area contributed by atoms with Gasteiger partial charge in [-0.25, -0.2) is 0 Å². The van der Waals surface area contributed by atoms with Crippen LogP contribution in [-0.4, -0.2) is 23.6 Å². The van der Waals surface area contributed by atoms with E-state index in [1.54, 1.807) is 0 Å². The van der Waals surface area contributed by atoms with E-state index < -0.39 is 17.8 Å². The monoisotopic (exact) mass is 253 g/mol. The zero-order chi connectivity index (χ0) is 12.2. The molecule has 1 aromatic carbocycles. The average molecular weight is 254 g/mol. The number of hydrogen-bond acceptors (Lipinski definition) is 2. The van der Waals surface area contributed by atoms with E-state index in [1.807, 2.05) is 0 Å². The highest BCUT2D eigenvalue weighted by Gasteiger charge is 2.30. The van der Waals surface area contributed by atoms with Crippen molar-refractivity contribution in [1.82, 2.24) is 0 Å². The van der Waals surface area contributed by atoms with Gasteiger partial charge in [-0.2, -0.15) is 13.2 Å². The lowest BCUT2D eigenvalue weighted by atomic mass is 10.2. The summed E-state index contributed by atoms with van der Waals surface area (Å²) >= 11 is 5.35. The van der Waals surface area contributed by atoms with E-state index in [-0.39, 0.29) is 12.4 Å². The van der Waals surface area contributed by atoms with E-state index in [0.717, 1.165) is 12.1 Å². The normalized spacial score (nSPS) is 13.6. The van der Waals surface area contributed by atoms with Crippen molar-refractivity contribution in [1.29, 1.82) is 0 Å². The Bertz CT molecular complexity index is 343. The number of rotatable bonds is 4. The number of aliphatic hydroxyl groups excluding tert-OH is 1. The highest BCUT2D eigenvalue weighted by atomic mass is 35.5. The van der Waals surface area contributed by atoms with Crippen molar-refractivity contribution in [2.75, 3.05) is 17.7 Å². The molecule has 2 nitrogen and oxygen atoms in total. The van der Waals surface area contributed by atoms with Crippen molar-refractivity contribution < 1.29 is 18.3 Å². The lowest BCUT2D eigenvalue weighted by molar-refractivity contribution is -0.137. The molecule has 2 N–H and O–H groups in total. The second-order valence-corrected chi connectivity index (χ2v) is 3.58. The second kappa shape index (κ2) is 5.41. The van der Waals surface area contributed by atoms with Gasteiger partial charge < -0.3 is 10.4 Å². The fourth-order valence-electron chi connectivity index (χ4n) is 1.10. The van der Waals surface area contributed by atoms with E-state index in [9.17, 15) is 13.2 Å². The molecule has 6 heteroatoms. The van der Waals surface area contributed by atoms with Crippen LogP contribution in [0.2, 0.25) is 0 Å². The topological polar surface area (TPSA) is 32.3 Å². The fourth-order valence-corrected chi connectivity index (χ4v) is 1.20. The molecular weight excluding hydrogens is 243 g/mol. The molecule has 0 bridgehead atoms. The Morgan fingerprint density at radius 1 is 1.38 bits per heavy atom. The third-order valence-corrected chi connectivity index (χ3v) is 2.27. The Labute approximate surface area is 96.0 Å². The molecule has 0 amide bonds. The lowest BCUT2D eigenvalue weighted by Gasteiger charge is -2.12. The van der Waals surface area contributed by atoms with Gasteiger partial charge in [0, 0.05) is 12.2 Å². The number of alkyl halides is 4. The van der Waals surface area contributed by atoms with Crippen LogP contribution in [0.15, 0.2) is 24.3 Å². The van der Waals surface area contributed by atoms with Crippen LogP contribution in [0.1, 0.15) is 5.56 Å².